The first-order valence-corrected chi connectivity index (χ1v) is 15.3. The van der Waals surface area contributed by atoms with Gasteiger partial charge in [0.25, 0.3) is 15.9 Å². The van der Waals surface area contributed by atoms with E-state index < -0.39 is 16.0 Å². The van der Waals surface area contributed by atoms with E-state index in [1.54, 1.807) is 17.0 Å². The normalized spacial score (nSPS) is 13.3. The van der Waals surface area contributed by atoms with Gasteiger partial charge in [0.2, 0.25) is 0 Å². The number of nitrogens with zero attached hydrogens (tertiary/aromatic N) is 3. The molecular weight excluding hydrogens is 604 g/mol. The molecule has 1 aliphatic rings. The number of terminal acetylenes is 1. The lowest BCUT2D eigenvalue weighted by atomic mass is 10.0. The molecule has 14 heteroatoms. The van der Waals surface area contributed by atoms with E-state index in [-0.39, 0.29) is 46.7 Å². The van der Waals surface area contributed by atoms with Gasteiger partial charge in [0.1, 0.15) is 22.6 Å². The van der Waals surface area contributed by atoms with Crippen LogP contribution in [0.1, 0.15) is 6.42 Å². The predicted molar refractivity (Wildman–Crippen MR) is 165 cm³/mol. The van der Waals surface area contributed by atoms with E-state index >= 15 is 0 Å². The molecule has 3 aromatic carbocycles. The van der Waals surface area contributed by atoms with Crippen molar-refractivity contribution in [2.75, 3.05) is 56.6 Å². The second-order valence-corrected chi connectivity index (χ2v) is 11.6. The first-order chi connectivity index (χ1) is 21.6. The van der Waals surface area contributed by atoms with Gasteiger partial charge >= 0.3 is 5.97 Å². The van der Waals surface area contributed by atoms with E-state index in [0.29, 0.717) is 37.3 Å². The van der Waals surface area contributed by atoms with Crippen LogP contribution in [0.3, 0.4) is 0 Å². The third kappa shape index (κ3) is 6.58. The maximum atomic E-state index is 13.6. The van der Waals surface area contributed by atoms with Gasteiger partial charge in [-0.15, -0.1) is 6.42 Å². The van der Waals surface area contributed by atoms with Gasteiger partial charge in [-0.1, -0.05) is 23.4 Å². The number of carbonyl (C=O) groups is 2. The largest absolute Gasteiger partial charge is 0.496 e. The lowest BCUT2D eigenvalue weighted by molar-refractivity contribution is -0.137. The highest BCUT2D eigenvalue weighted by Crippen LogP contribution is 2.40. The third-order valence-electron chi connectivity index (χ3n) is 7.23. The number of piperazine rings is 1. The van der Waals surface area contributed by atoms with Crippen LogP contribution in [0.2, 0.25) is 0 Å². The Morgan fingerprint density at radius 3 is 2.40 bits per heavy atom. The summed E-state index contributed by atoms with van der Waals surface area (Å²) in [5.41, 5.74) is 2.83. The molecule has 2 N–H and O–H groups in total. The molecule has 13 nitrogen and oxygen atoms in total. The second kappa shape index (κ2) is 13.1. The summed E-state index contributed by atoms with van der Waals surface area (Å²) in [5, 5.41) is 13.2. The molecule has 5 rings (SSSR count). The number of carbonyl (C=O) groups excluding carboxylic acids is 1. The molecule has 1 amide bonds. The molecule has 2 heterocycles. The molecule has 0 saturated carbocycles. The summed E-state index contributed by atoms with van der Waals surface area (Å²) in [6.07, 6.45) is 4.93. The number of aliphatic carboxylic acids is 1. The molecule has 0 spiro atoms. The van der Waals surface area contributed by atoms with Crippen molar-refractivity contribution in [3.05, 3.63) is 54.6 Å². The van der Waals surface area contributed by atoms with Gasteiger partial charge in [-0.05, 0) is 53.4 Å². The Bertz CT molecular complexity index is 1890. The molecular formula is C31H30N4O9S. The topological polar surface area (TPSA) is 161 Å². The number of anilines is 2. The maximum Gasteiger partial charge on any atom is 0.306 e. The van der Waals surface area contributed by atoms with E-state index in [1.807, 2.05) is 24.3 Å². The average Bonchev–Trinajstić information content (AvgIpc) is 3.45. The Hall–Kier alpha value is -5.42. The number of nitrogens with one attached hydrogen (secondary N) is 1. The Morgan fingerprint density at radius 1 is 1.00 bits per heavy atom. The van der Waals surface area contributed by atoms with Gasteiger partial charge in [-0.25, -0.2) is 8.42 Å². The van der Waals surface area contributed by atoms with Crippen molar-refractivity contribution in [1.29, 1.82) is 0 Å². The molecule has 4 aromatic rings. The average molecular weight is 635 g/mol. The smallest absolute Gasteiger partial charge is 0.306 e. The first kappa shape index (κ1) is 31.0. The lowest BCUT2D eigenvalue weighted by Gasteiger charge is -2.35. The monoisotopic (exact) mass is 634 g/mol. The fourth-order valence-electron chi connectivity index (χ4n) is 5.04. The summed E-state index contributed by atoms with van der Waals surface area (Å²) in [4.78, 5) is 26.3. The Kier molecular flexibility index (Phi) is 9.01. The van der Waals surface area contributed by atoms with Crippen molar-refractivity contribution < 1.29 is 41.8 Å². The van der Waals surface area contributed by atoms with Gasteiger partial charge in [0, 0.05) is 31.9 Å². The second-order valence-electron chi connectivity index (χ2n) is 9.94. The quantitative estimate of drug-likeness (QED) is 0.233. The van der Waals surface area contributed by atoms with Crippen LogP contribution >= 0.6 is 0 Å². The van der Waals surface area contributed by atoms with Gasteiger partial charge in [0.05, 0.1) is 27.2 Å². The zero-order valence-electron chi connectivity index (χ0n) is 24.5. The molecule has 0 atom stereocenters. The molecule has 0 aliphatic carbocycles. The van der Waals surface area contributed by atoms with Crippen LogP contribution < -0.4 is 23.8 Å². The van der Waals surface area contributed by atoms with E-state index in [0.717, 1.165) is 16.8 Å². The minimum atomic E-state index is -4.38. The summed E-state index contributed by atoms with van der Waals surface area (Å²) in [5.74, 6) is 0.842. The molecule has 0 radical (unpaired) electrons. The SMILES string of the molecule is C#CC(=O)N1CCN(c2cccc(-c3cc(OC)c4c(NS(=O)(=O)c5c(OC)cccc5OCCC(=O)O)noc4c3)c2)CC1. The number of hydrogen-bond acceptors (Lipinski definition) is 10. The molecule has 1 aromatic heterocycles. The zero-order valence-corrected chi connectivity index (χ0v) is 25.3. The molecule has 1 fully saturated rings. The number of carboxylic acid groups (broad SMARTS) is 1. The molecule has 45 heavy (non-hydrogen) atoms. The Balaban J connectivity index is 1.44. The van der Waals surface area contributed by atoms with Crippen LogP contribution in [-0.4, -0.2) is 82.5 Å². The Morgan fingerprint density at radius 2 is 1.71 bits per heavy atom. The van der Waals surface area contributed by atoms with Crippen molar-refractivity contribution in [1.82, 2.24) is 10.1 Å². The summed E-state index contributed by atoms with van der Waals surface area (Å²) in [6.45, 7) is 2.05. The predicted octanol–water partition coefficient (Wildman–Crippen LogP) is 3.45. The number of ether oxygens (including phenoxy) is 3. The van der Waals surface area contributed by atoms with Crippen molar-refractivity contribution in [2.24, 2.45) is 0 Å². The van der Waals surface area contributed by atoms with Crippen LogP contribution in [0.4, 0.5) is 11.5 Å². The highest BCUT2D eigenvalue weighted by molar-refractivity contribution is 7.93. The molecule has 0 unspecified atom stereocenters. The van der Waals surface area contributed by atoms with Gasteiger partial charge in [0.15, 0.2) is 16.3 Å². The lowest BCUT2D eigenvalue weighted by Crippen LogP contribution is -2.48. The van der Waals surface area contributed by atoms with Gasteiger partial charge in [-0.3, -0.25) is 14.3 Å². The minimum Gasteiger partial charge on any atom is -0.496 e. The van der Waals surface area contributed by atoms with Crippen LogP contribution in [0, 0.1) is 12.3 Å². The number of hydrogen-bond donors (Lipinski definition) is 2. The first-order valence-electron chi connectivity index (χ1n) is 13.8. The third-order valence-corrected chi connectivity index (χ3v) is 8.63. The molecule has 234 valence electrons. The Labute approximate surface area is 259 Å². The standard InChI is InChI=1S/C31H30N4O9S/c1-4-27(36)35-14-12-34(13-15-35)22-8-5-7-20(17-22)21-18-25(42-3)29-26(19-21)44-32-31(29)33-45(39,40)30-23(41-2)9-6-10-24(30)43-16-11-28(37)38/h1,5-10,17-19H,11-16H2,2-3H3,(H,32,33)(H,37,38). The number of carboxylic acids is 1. The van der Waals surface area contributed by atoms with Crippen molar-refractivity contribution in [2.45, 2.75) is 11.3 Å². The van der Waals surface area contributed by atoms with Crippen molar-refractivity contribution in [3.63, 3.8) is 0 Å². The molecule has 1 saturated heterocycles. The molecule has 0 bridgehead atoms. The number of methoxy groups -OCH3 is 2. The van der Waals surface area contributed by atoms with E-state index in [4.69, 9.17) is 30.3 Å². The fourth-order valence-corrected chi connectivity index (χ4v) is 6.34. The van der Waals surface area contributed by atoms with Gasteiger partial charge in [-0.2, -0.15) is 0 Å². The van der Waals surface area contributed by atoms with Crippen molar-refractivity contribution in [3.8, 4) is 40.7 Å². The van der Waals surface area contributed by atoms with Crippen LogP contribution in [-0.2, 0) is 19.6 Å². The van der Waals surface area contributed by atoms with Gasteiger partial charge < -0.3 is 33.6 Å². The summed E-state index contributed by atoms with van der Waals surface area (Å²) >= 11 is 0. The number of aromatic nitrogens is 1. The summed E-state index contributed by atoms with van der Waals surface area (Å²) in [7, 11) is -1.63. The number of fused-ring (bicyclic) bond motifs is 1. The minimum absolute atomic E-state index is 0.0127. The van der Waals surface area contributed by atoms with Crippen LogP contribution in [0.5, 0.6) is 17.2 Å². The van der Waals surface area contributed by atoms with Crippen LogP contribution in [0.25, 0.3) is 22.1 Å². The van der Waals surface area contributed by atoms with E-state index in [2.05, 4.69) is 20.7 Å². The fraction of sp³-hybridized carbons (Fsp3) is 0.258. The maximum absolute atomic E-state index is 13.6. The van der Waals surface area contributed by atoms with E-state index in [1.165, 1.54) is 32.4 Å². The highest BCUT2D eigenvalue weighted by Gasteiger charge is 2.29. The highest BCUT2D eigenvalue weighted by atomic mass is 32.2. The molecule has 1 aliphatic heterocycles. The summed E-state index contributed by atoms with van der Waals surface area (Å²) in [6, 6.07) is 15.7. The van der Waals surface area contributed by atoms with E-state index in [9.17, 15) is 18.0 Å². The zero-order chi connectivity index (χ0) is 32.1. The number of benzene rings is 3. The van der Waals surface area contributed by atoms with Crippen LogP contribution in [0.15, 0.2) is 64.0 Å². The number of sulfonamides is 1. The number of rotatable bonds is 11. The van der Waals surface area contributed by atoms with Crippen molar-refractivity contribution >= 4 is 44.4 Å². The number of amides is 1. The summed E-state index contributed by atoms with van der Waals surface area (Å²) < 4.78 is 51.7.